The van der Waals surface area contributed by atoms with Crippen LogP contribution in [0.25, 0.3) is 5.57 Å². The van der Waals surface area contributed by atoms with Crippen LogP contribution >= 0.6 is 0 Å². The zero-order chi connectivity index (χ0) is 23.0. The van der Waals surface area contributed by atoms with Crippen LogP contribution in [-0.4, -0.2) is 78.4 Å². The highest BCUT2D eigenvalue weighted by Gasteiger charge is 2.18. The second-order valence-electron chi connectivity index (χ2n) is 7.71. The molecule has 0 bridgehead atoms. The molecule has 0 spiro atoms. The first-order valence-corrected chi connectivity index (χ1v) is 10.9. The molecule has 2 aliphatic rings. The molecule has 1 unspecified atom stereocenters. The molecule has 10 nitrogen and oxygen atoms in total. The molecule has 0 radical (unpaired) electrons. The van der Waals surface area contributed by atoms with Crippen molar-refractivity contribution in [2.75, 3.05) is 45.1 Å². The third kappa shape index (κ3) is 6.07. The molecule has 1 aromatic heterocycles. The number of dihydropyridines is 1. The Morgan fingerprint density at radius 2 is 1.97 bits per heavy atom. The number of morpholine rings is 1. The fourth-order valence-corrected chi connectivity index (χ4v) is 3.55. The quantitative estimate of drug-likeness (QED) is 0.371. The third-order valence-electron chi connectivity index (χ3n) is 5.42. The van der Waals surface area contributed by atoms with Gasteiger partial charge >= 0.3 is 0 Å². The second kappa shape index (κ2) is 10.9. The van der Waals surface area contributed by atoms with Gasteiger partial charge in [0.15, 0.2) is 11.5 Å². The maximum absolute atomic E-state index is 8.23. The number of rotatable bonds is 7. The molecule has 2 aliphatic heterocycles. The highest BCUT2D eigenvalue weighted by Crippen LogP contribution is 2.18. The molecule has 4 rings (SSSR count). The van der Waals surface area contributed by atoms with Crippen molar-refractivity contribution >= 4 is 29.4 Å². The van der Waals surface area contributed by atoms with Crippen molar-refractivity contribution in [1.82, 2.24) is 20.2 Å². The van der Waals surface area contributed by atoms with E-state index < -0.39 is 0 Å². The van der Waals surface area contributed by atoms with Crippen molar-refractivity contribution in [3.8, 4) is 0 Å². The van der Waals surface area contributed by atoms with Crippen LogP contribution in [0.2, 0.25) is 0 Å². The molecule has 33 heavy (non-hydrogen) atoms. The topological polar surface area (TPSA) is 146 Å². The lowest BCUT2D eigenvalue weighted by molar-refractivity contribution is 0.0381. The highest BCUT2D eigenvalue weighted by molar-refractivity contribution is 6.10. The van der Waals surface area contributed by atoms with Crippen molar-refractivity contribution in [2.45, 2.75) is 12.6 Å². The lowest BCUT2D eigenvalue weighted by Crippen LogP contribution is -2.42. The number of nitrogens with one attached hydrogen (secondary N) is 3. The number of hydrogen-bond donors (Lipinski definition) is 4. The highest BCUT2D eigenvalue weighted by atomic mass is 16.5. The Kier molecular flexibility index (Phi) is 7.51. The molecule has 1 aromatic carbocycles. The number of ether oxygens (including phenoxy) is 2. The number of nitrogens with two attached hydrogens (primary N) is 1. The number of anilines is 1. The third-order valence-corrected chi connectivity index (χ3v) is 5.42. The number of nitrogens with zero attached hydrogens (tertiary/aromatic N) is 4. The molecular weight excluding hydrogens is 420 g/mol. The van der Waals surface area contributed by atoms with Crippen molar-refractivity contribution in [3.63, 3.8) is 0 Å². The zero-order valence-electron chi connectivity index (χ0n) is 18.3. The summed E-state index contributed by atoms with van der Waals surface area (Å²) in [5.74, 6) is -0.413. The van der Waals surface area contributed by atoms with E-state index in [1.54, 1.807) is 36.7 Å². The lowest BCUT2D eigenvalue weighted by Gasteiger charge is -2.27. The van der Waals surface area contributed by atoms with Crippen LogP contribution in [-0.2, 0) is 9.47 Å². The van der Waals surface area contributed by atoms with E-state index in [1.165, 1.54) is 0 Å². The van der Waals surface area contributed by atoms with Crippen LogP contribution in [0, 0.1) is 10.8 Å². The van der Waals surface area contributed by atoms with E-state index in [0.29, 0.717) is 11.3 Å². The van der Waals surface area contributed by atoms with Crippen molar-refractivity contribution in [3.05, 3.63) is 59.6 Å². The second-order valence-corrected chi connectivity index (χ2v) is 7.71. The largest absolute Gasteiger partial charge is 0.419 e. The fraction of sp³-hybridized carbons (Fsp3) is 0.348. The van der Waals surface area contributed by atoms with Gasteiger partial charge in [0.05, 0.1) is 25.1 Å². The predicted octanol–water partition coefficient (Wildman–Crippen LogP) is 1.53. The Bertz CT molecular complexity index is 1050. The van der Waals surface area contributed by atoms with Crippen LogP contribution < -0.4 is 11.1 Å². The maximum Gasteiger partial charge on any atom is 0.243 e. The number of benzene rings is 1. The van der Waals surface area contributed by atoms with E-state index in [-0.39, 0.29) is 29.5 Å². The summed E-state index contributed by atoms with van der Waals surface area (Å²) in [6.07, 6.45) is 6.10. The number of aromatic nitrogens is 2. The summed E-state index contributed by atoms with van der Waals surface area (Å²) < 4.78 is 10.7. The summed E-state index contributed by atoms with van der Waals surface area (Å²) in [7, 11) is 0. The molecule has 0 saturated carbocycles. The SMILES string of the molecule is N=C(OC(=N)c1nc(C2=CCC(NCCN3CCOCC3)N=C2)cnc1N)c1ccccc1. The number of allylic oxidation sites excluding steroid dienone is 1. The normalized spacial score (nSPS) is 18.5. The summed E-state index contributed by atoms with van der Waals surface area (Å²) >= 11 is 0. The van der Waals surface area contributed by atoms with E-state index in [0.717, 1.165) is 51.4 Å². The number of aliphatic imine (C=N–C) groups is 1. The van der Waals surface area contributed by atoms with Gasteiger partial charge in [0.25, 0.3) is 0 Å². The molecule has 0 aliphatic carbocycles. The molecule has 1 fully saturated rings. The Morgan fingerprint density at radius 1 is 1.18 bits per heavy atom. The molecule has 1 saturated heterocycles. The van der Waals surface area contributed by atoms with Crippen LogP contribution in [0.1, 0.15) is 23.4 Å². The van der Waals surface area contributed by atoms with Crippen molar-refractivity contribution < 1.29 is 9.47 Å². The minimum atomic E-state index is -0.327. The Morgan fingerprint density at radius 3 is 2.70 bits per heavy atom. The Hall–Kier alpha value is -3.47. The first-order chi connectivity index (χ1) is 16.1. The standard InChI is InChI=1S/C23H28N8O2/c24-21-20(23(26)33-22(25)16-4-2-1-3-5-16)30-18(15-29-21)17-6-7-19(28-14-17)27-8-9-31-10-12-32-13-11-31/h1-6,14-15,19,25-27H,7-13H2,(H2,24,29). The van der Waals surface area contributed by atoms with E-state index in [9.17, 15) is 0 Å². The molecule has 0 amide bonds. The molecule has 172 valence electrons. The van der Waals surface area contributed by atoms with Crippen LogP contribution in [0.5, 0.6) is 0 Å². The van der Waals surface area contributed by atoms with Crippen molar-refractivity contribution in [2.24, 2.45) is 4.99 Å². The summed E-state index contributed by atoms with van der Waals surface area (Å²) in [4.78, 5) is 15.6. The van der Waals surface area contributed by atoms with Crippen LogP contribution in [0.15, 0.2) is 47.6 Å². The van der Waals surface area contributed by atoms with Crippen molar-refractivity contribution in [1.29, 1.82) is 10.8 Å². The molecule has 5 N–H and O–H groups in total. The molecule has 2 aromatic rings. The van der Waals surface area contributed by atoms with E-state index >= 15 is 0 Å². The summed E-state index contributed by atoms with van der Waals surface area (Å²) in [6.45, 7) is 5.38. The van der Waals surface area contributed by atoms with Gasteiger partial charge in [0, 0.05) is 50.0 Å². The smallest absolute Gasteiger partial charge is 0.243 e. The fourth-order valence-electron chi connectivity index (χ4n) is 3.55. The summed E-state index contributed by atoms with van der Waals surface area (Å²) in [5.41, 5.74) is 7.94. The van der Waals surface area contributed by atoms with Gasteiger partial charge in [0.1, 0.15) is 6.17 Å². The first-order valence-electron chi connectivity index (χ1n) is 10.9. The van der Waals surface area contributed by atoms with E-state index in [1.807, 2.05) is 12.1 Å². The zero-order valence-corrected chi connectivity index (χ0v) is 18.3. The monoisotopic (exact) mass is 448 g/mol. The molecule has 3 heterocycles. The van der Waals surface area contributed by atoms with Gasteiger partial charge in [0.2, 0.25) is 11.8 Å². The Balaban J connectivity index is 1.34. The minimum absolute atomic E-state index is 0.0176. The van der Waals surface area contributed by atoms with Gasteiger partial charge in [-0.3, -0.25) is 26.0 Å². The minimum Gasteiger partial charge on any atom is -0.419 e. The van der Waals surface area contributed by atoms with Gasteiger partial charge in [-0.25, -0.2) is 9.97 Å². The van der Waals surface area contributed by atoms with Gasteiger partial charge in [-0.2, -0.15) is 0 Å². The summed E-state index contributed by atoms with van der Waals surface area (Å²) in [5, 5.41) is 19.8. The predicted molar refractivity (Wildman–Crippen MR) is 128 cm³/mol. The maximum atomic E-state index is 8.23. The van der Waals surface area contributed by atoms with Gasteiger partial charge in [-0.1, -0.05) is 24.3 Å². The number of hydrogen-bond acceptors (Lipinski definition) is 10. The molecule has 1 atom stereocenters. The van der Waals surface area contributed by atoms with Crippen LogP contribution in [0.4, 0.5) is 5.82 Å². The average Bonchev–Trinajstić information content (AvgIpc) is 2.86. The van der Waals surface area contributed by atoms with Gasteiger partial charge < -0.3 is 15.2 Å². The first kappa shape index (κ1) is 22.7. The van der Waals surface area contributed by atoms with Crippen LogP contribution in [0.3, 0.4) is 0 Å². The van der Waals surface area contributed by atoms with Gasteiger partial charge in [-0.15, -0.1) is 0 Å². The molecule has 10 heteroatoms. The van der Waals surface area contributed by atoms with E-state index in [4.69, 9.17) is 26.0 Å². The lowest BCUT2D eigenvalue weighted by atomic mass is 10.1. The average molecular weight is 449 g/mol. The summed E-state index contributed by atoms with van der Waals surface area (Å²) in [6, 6.07) is 8.90. The van der Waals surface area contributed by atoms with Gasteiger partial charge in [-0.05, 0) is 12.1 Å². The Labute approximate surface area is 192 Å². The number of nitrogen functional groups attached to an aromatic ring is 1. The molecular formula is C23H28N8O2. The van der Waals surface area contributed by atoms with E-state index in [2.05, 4.69) is 25.2 Å².